The van der Waals surface area contributed by atoms with Gasteiger partial charge in [0, 0.05) is 6.04 Å². The summed E-state index contributed by atoms with van der Waals surface area (Å²) in [6.07, 6.45) is 1.31. The standard InChI is InChI=1S/C15H25NO3/c1-8-6-9(10(7-8)12(18)19)11(17)16-13-14(2,3)15(13,4)5/h8-10,13H,6-7H2,1-5H3,(H,16,17)(H,18,19). The van der Waals surface area contributed by atoms with Crippen LogP contribution < -0.4 is 5.32 Å². The van der Waals surface area contributed by atoms with Crippen LogP contribution in [0.25, 0.3) is 0 Å². The molecule has 2 N–H and O–H groups in total. The normalized spacial score (nSPS) is 35.9. The molecule has 2 saturated carbocycles. The van der Waals surface area contributed by atoms with Gasteiger partial charge in [-0.05, 0) is 29.6 Å². The van der Waals surface area contributed by atoms with Gasteiger partial charge in [-0.3, -0.25) is 9.59 Å². The molecule has 0 spiro atoms. The summed E-state index contributed by atoms with van der Waals surface area (Å²) in [7, 11) is 0. The average molecular weight is 267 g/mol. The van der Waals surface area contributed by atoms with Crippen molar-refractivity contribution in [3.05, 3.63) is 0 Å². The Kier molecular flexibility index (Phi) is 3.19. The van der Waals surface area contributed by atoms with Gasteiger partial charge in [0.2, 0.25) is 5.91 Å². The Morgan fingerprint density at radius 2 is 1.53 bits per heavy atom. The maximum atomic E-state index is 12.4. The number of carboxylic acids is 1. The minimum Gasteiger partial charge on any atom is -0.481 e. The van der Waals surface area contributed by atoms with Gasteiger partial charge in [-0.1, -0.05) is 34.6 Å². The van der Waals surface area contributed by atoms with Crippen LogP contribution in [0.4, 0.5) is 0 Å². The monoisotopic (exact) mass is 267 g/mol. The van der Waals surface area contributed by atoms with E-state index < -0.39 is 11.9 Å². The number of aliphatic carboxylic acids is 1. The Hall–Kier alpha value is -1.06. The first-order valence-corrected chi connectivity index (χ1v) is 7.12. The summed E-state index contributed by atoms with van der Waals surface area (Å²) >= 11 is 0. The molecule has 0 heterocycles. The van der Waals surface area contributed by atoms with Gasteiger partial charge in [-0.15, -0.1) is 0 Å². The second-order valence-electron chi connectivity index (χ2n) is 7.51. The van der Waals surface area contributed by atoms with E-state index in [4.69, 9.17) is 0 Å². The molecule has 0 aromatic carbocycles. The predicted octanol–water partition coefficient (Wildman–Crippen LogP) is 2.28. The molecule has 0 aromatic rings. The number of carboxylic acid groups (broad SMARTS) is 1. The van der Waals surface area contributed by atoms with Gasteiger partial charge in [0.25, 0.3) is 0 Å². The summed E-state index contributed by atoms with van der Waals surface area (Å²) in [4.78, 5) is 23.6. The molecule has 4 nitrogen and oxygen atoms in total. The second-order valence-corrected chi connectivity index (χ2v) is 7.51. The largest absolute Gasteiger partial charge is 0.481 e. The van der Waals surface area contributed by atoms with E-state index in [1.807, 2.05) is 6.92 Å². The van der Waals surface area contributed by atoms with Crippen molar-refractivity contribution in [2.24, 2.45) is 28.6 Å². The fourth-order valence-electron chi connectivity index (χ4n) is 3.66. The highest BCUT2D eigenvalue weighted by Gasteiger charge is 2.65. The minimum absolute atomic E-state index is 0.0691. The first-order valence-electron chi connectivity index (χ1n) is 7.12. The zero-order valence-electron chi connectivity index (χ0n) is 12.5. The van der Waals surface area contributed by atoms with E-state index >= 15 is 0 Å². The quantitative estimate of drug-likeness (QED) is 0.824. The van der Waals surface area contributed by atoms with Crippen LogP contribution in [0.2, 0.25) is 0 Å². The lowest BCUT2D eigenvalue weighted by molar-refractivity contribution is -0.146. The number of hydrogen-bond acceptors (Lipinski definition) is 2. The van der Waals surface area contributed by atoms with E-state index in [-0.39, 0.29) is 28.7 Å². The van der Waals surface area contributed by atoms with Gasteiger partial charge in [-0.25, -0.2) is 0 Å². The SMILES string of the molecule is CC1CC(C(=O)O)C(C(=O)NC2C(C)(C)C2(C)C)C1. The van der Waals surface area contributed by atoms with Crippen molar-refractivity contribution in [2.45, 2.75) is 53.5 Å². The molecule has 0 saturated heterocycles. The zero-order valence-corrected chi connectivity index (χ0v) is 12.5. The van der Waals surface area contributed by atoms with Crippen molar-refractivity contribution in [1.82, 2.24) is 5.32 Å². The highest BCUT2D eigenvalue weighted by molar-refractivity contribution is 5.86. The molecule has 3 atom stereocenters. The van der Waals surface area contributed by atoms with Gasteiger partial charge in [0.1, 0.15) is 0 Å². The van der Waals surface area contributed by atoms with Crippen LogP contribution in [0, 0.1) is 28.6 Å². The van der Waals surface area contributed by atoms with Gasteiger partial charge < -0.3 is 10.4 Å². The predicted molar refractivity (Wildman–Crippen MR) is 72.5 cm³/mol. The fourth-order valence-corrected chi connectivity index (χ4v) is 3.66. The molecule has 0 radical (unpaired) electrons. The molecule has 0 aromatic heterocycles. The van der Waals surface area contributed by atoms with Crippen LogP contribution >= 0.6 is 0 Å². The minimum atomic E-state index is -0.834. The summed E-state index contributed by atoms with van der Waals surface area (Å²) in [5.41, 5.74) is 0.178. The van der Waals surface area contributed by atoms with Crippen molar-refractivity contribution in [3.8, 4) is 0 Å². The van der Waals surface area contributed by atoms with Gasteiger partial charge in [0.15, 0.2) is 0 Å². The van der Waals surface area contributed by atoms with Crippen LogP contribution in [0.3, 0.4) is 0 Å². The van der Waals surface area contributed by atoms with Crippen LogP contribution in [0.15, 0.2) is 0 Å². The first-order chi connectivity index (χ1) is 8.59. The lowest BCUT2D eigenvalue weighted by atomic mass is 9.95. The average Bonchev–Trinajstić information content (AvgIpc) is 2.65. The van der Waals surface area contributed by atoms with Crippen LogP contribution in [0.1, 0.15) is 47.5 Å². The van der Waals surface area contributed by atoms with Gasteiger partial charge >= 0.3 is 5.97 Å². The van der Waals surface area contributed by atoms with Crippen LogP contribution in [-0.4, -0.2) is 23.0 Å². The topological polar surface area (TPSA) is 66.4 Å². The summed E-state index contributed by atoms with van der Waals surface area (Å²) in [6, 6.07) is 0.151. The molecule has 108 valence electrons. The molecular formula is C15H25NO3. The number of carbonyl (C=O) groups excluding carboxylic acids is 1. The smallest absolute Gasteiger partial charge is 0.307 e. The second kappa shape index (κ2) is 4.22. The molecule has 1 amide bonds. The van der Waals surface area contributed by atoms with E-state index in [9.17, 15) is 14.7 Å². The molecule has 0 bridgehead atoms. The fraction of sp³-hybridized carbons (Fsp3) is 0.867. The Morgan fingerprint density at radius 3 is 1.95 bits per heavy atom. The molecule has 3 unspecified atom stereocenters. The molecular weight excluding hydrogens is 242 g/mol. The number of carbonyl (C=O) groups is 2. The molecule has 2 rings (SSSR count). The first kappa shape index (κ1) is 14.4. The van der Waals surface area contributed by atoms with E-state index in [1.54, 1.807) is 0 Å². The Bertz CT molecular complexity index is 400. The third-order valence-electron chi connectivity index (χ3n) is 5.76. The summed E-state index contributed by atoms with van der Waals surface area (Å²) < 4.78 is 0. The summed E-state index contributed by atoms with van der Waals surface area (Å²) in [6.45, 7) is 10.6. The molecule has 2 fully saturated rings. The highest BCUT2D eigenvalue weighted by Crippen LogP contribution is 2.62. The number of rotatable bonds is 3. The van der Waals surface area contributed by atoms with Crippen molar-refractivity contribution >= 4 is 11.9 Å². The molecule has 4 heteroatoms. The maximum Gasteiger partial charge on any atom is 0.307 e. The lowest BCUT2D eigenvalue weighted by Crippen LogP contribution is -2.38. The summed E-state index contributed by atoms with van der Waals surface area (Å²) in [5, 5.41) is 12.3. The van der Waals surface area contributed by atoms with E-state index in [1.165, 1.54) is 0 Å². The molecule has 19 heavy (non-hydrogen) atoms. The summed E-state index contributed by atoms with van der Waals surface area (Å²) in [5.74, 6) is -1.46. The third-order valence-corrected chi connectivity index (χ3v) is 5.76. The van der Waals surface area contributed by atoms with Gasteiger partial charge in [-0.2, -0.15) is 0 Å². The van der Waals surface area contributed by atoms with E-state index in [0.29, 0.717) is 18.8 Å². The van der Waals surface area contributed by atoms with Crippen molar-refractivity contribution in [1.29, 1.82) is 0 Å². The zero-order chi connectivity index (χ0) is 14.6. The maximum absolute atomic E-state index is 12.4. The Morgan fingerprint density at radius 1 is 1.05 bits per heavy atom. The lowest BCUT2D eigenvalue weighted by Gasteiger charge is -2.16. The number of hydrogen-bond donors (Lipinski definition) is 2. The molecule has 2 aliphatic carbocycles. The van der Waals surface area contributed by atoms with Crippen molar-refractivity contribution < 1.29 is 14.7 Å². The Labute approximate surface area is 115 Å². The van der Waals surface area contributed by atoms with Crippen LogP contribution in [0.5, 0.6) is 0 Å². The highest BCUT2D eigenvalue weighted by atomic mass is 16.4. The van der Waals surface area contributed by atoms with E-state index in [0.717, 1.165) is 0 Å². The van der Waals surface area contributed by atoms with Gasteiger partial charge in [0.05, 0.1) is 11.8 Å². The van der Waals surface area contributed by atoms with Crippen LogP contribution in [-0.2, 0) is 9.59 Å². The number of nitrogens with one attached hydrogen (secondary N) is 1. The Balaban J connectivity index is 2.03. The van der Waals surface area contributed by atoms with Crippen molar-refractivity contribution in [2.75, 3.05) is 0 Å². The van der Waals surface area contributed by atoms with E-state index in [2.05, 4.69) is 33.0 Å². The molecule has 0 aliphatic heterocycles. The van der Waals surface area contributed by atoms with Crippen molar-refractivity contribution in [3.63, 3.8) is 0 Å². The third kappa shape index (κ3) is 2.15. The number of amides is 1. The molecule has 2 aliphatic rings.